The molecule has 2 fully saturated rings. The van der Waals surface area contributed by atoms with Crippen LogP contribution in [0.4, 0.5) is 0 Å². The summed E-state index contributed by atoms with van der Waals surface area (Å²) in [5.74, 6) is 0.794. The molecule has 3 atom stereocenters. The number of carbonyl (C=O) groups excluding carboxylic acids is 1. The second-order valence-electron chi connectivity index (χ2n) is 9.87. The molecule has 2 saturated carbocycles. The van der Waals surface area contributed by atoms with E-state index in [1.807, 2.05) is 0 Å². The predicted molar refractivity (Wildman–Crippen MR) is 110 cm³/mol. The van der Waals surface area contributed by atoms with Crippen LogP contribution >= 0.6 is 0 Å². The molecule has 0 aromatic rings. The highest BCUT2D eigenvalue weighted by atomic mass is 16.5. The van der Waals surface area contributed by atoms with Crippen molar-refractivity contribution in [1.29, 1.82) is 0 Å². The highest BCUT2D eigenvalue weighted by Crippen LogP contribution is 2.66. The maximum Gasteiger partial charge on any atom is 0.306 e. The summed E-state index contributed by atoms with van der Waals surface area (Å²) >= 11 is 0. The van der Waals surface area contributed by atoms with Crippen molar-refractivity contribution in [1.82, 2.24) is 0 Å². The Kier molecular flexibility index (Phi) is 8.48. The molecule has 2 rings (SSSR count). The molecule has 0 heterocycles. The molecule has 0 amide bonds. The van der Waals surface area contributed by atoms with E-state index in [-0.39, 0.29) is 17.5 Å². The number of ether oxygens (including phenoxy) is 1. The molecule has 0 aromatic heterocycles. The van der Waals surface area contributed by atoms with E-state index in [4.69, 9.17) is 4.74 Å². The fourth-order valence-electron chi connectivity index (χ4n) is 5.46. The minimum absolute atomic E-state index is 0.0514. The molecule has 2 aliphatic carbocycles. The van der Waals surface area contributed by atoms with Gasteiger partial charge in [0, 0.05) is 11.8 Å². The molecule has 0 saturated heterocycles. The van der Waals surface area contributed by atoms with Gasteiger partial charge in [-0.25, -0.2) is 0 Å². The summed E-state index contributed by atoms with van der Waals surface area (Å²) in [6.07, 6.45) is 18.9. The van der Waals surface area contributed by atoms with Crippen molar-refractivity contribution < 1.29 is 9.53 Å². The highest BCUT2D eigenvalue weighted by molar-refractivity contribution is 5.69. The van der Waals surface area contributed by atoms with Crippen LogP contribution in [0.5, 0.6) is 0 Å². The van der Waals surface area contributed by atoms with Crippen molar-refractivity contribution in [3.8, 4) is 0 Å². The molecule has 0 aromatic carbocycles. The van der Waals surface area contributed by atoms with Crippen molar-refractivity contribution in [3.63, 3.8) is 0 Å². The summed E-state index contributed by atoms with van der Waals surface area (Å²) in [7, 11) is 0. The van der Waals surface area contributed by atoms with Crippen molar-refractivity contribution in [3.05, 3.63) is 0 Å². The molecule has 0 spiro atoms. The molecular weight excluding hydrogens is 320 g/mol. The third-order valence-corrected chi connectivity index (χ3v) is 7.97. The molecule has 2 bridgehead atoms. The van der Waals surface area contributed by atoms with Crippen LogP contribution in [0.15, 0.2) is 0 Å². The quantitative estimate of drug-likeness (QED) is 0.250. The van der Waals surface area contributed by atoms with Crippen molar-refractivity contribution in [2.75, 3.05) is 0 Å². The Bertz CT molecular complexity index is 428. The minimum Gasteiger partial charge on any atom is -0.462 e. The van der Waals surface area contributed by atoms with Gasteiger partial charge in [0.15, 0.2) is 0 Å². The van der Waals surface area contributed by atoms with Crippen LogP contribution in [0.3, 0.4) is 0 Å². The van der Waals surface area contributed by atoms with Gasteiger partial charge >= 0.3 is 5.97 Å². The number of carbonyl (C=O) groups is 1. The SMILES string of the molecule is CCCCCCCCCCCCCC(=O)O[C@H]1C[C@H]2CC[C@@]1(C)C2(C)C. The van der Waals surface area contributed by atoms with E-state index in [2.05, 4.69) is 27.7 Å². The van der Waals surface area contributed by atoms with E-state index in [0.717, 1.165) is 18.8 Å². The van der Waals surface area contributed by atoms with Gasteiger partial charge in [0.05, 0.1) is 0 Å². The van der Waals surface area contributed by atoms with Gasteiger partial charge in [0.1, 0.15) is 6.10 Å². The van der Waals surface area contributed by atoms with Gasteiger partial charge in [-0.1, -0.05) is 91.9 Å². The number of hydrogen-bond acceptors (Lipinski definition) is 2. The van der Waals surface area contributed by atoms with Crippen LogP contribution < -0.4 is 0 Å². The molecule has 2 aliphatic rings. The normalized spacial score (nSPS) is 29.2. The zero-order valence-corrected chi connectivity index (χ0v) is 18.1. The Balaban J connectivity index is 1.48. The Labute approximate surface area is 162 Å². The van der Waals surface area contributed by atoms with E-state index in [1.54, 1.807) is 0 Å². The molecule has 0 aliphatic heterocycles. The second-order valence-corrected chi connectivity index (χ2v) is 9.87. The summed E-state index contributed by atoms with van der Waals surface area (Å²) in [6, 6.07) is 0. The van der Waals surface area contributed by atoms with Crippen molar-refractivity contribution in [2.45, 2.75) is 130 Å². The Morgan fingerprint density at radius 2 is 1.42 bits per heavy atom. The standard InChI is InChI=1S/C24H44O2/c1-5-6-7-8-9-10-11-12-13-14-15-16-22(25)26-21-19-20-17-18-24(21,4)23(20,2)3/h20-21H,5-19H2,1-4H3/t20-,21+,24-/m1/s1. The Morgan fingerprint density at radius 1 is 0.885 bits per heavy atom. The van der Waals surface area contributed by atoms with E-state index in [9.17, 15) is 4.79 Å². The molecule has 0 N–H and O–H groups in total. The highest BCUT2D eigenvalue weighted by Gasteiger charge is 2.62. The third kappa shape index (κ3) is 5.26. The third-order valence-electron chi connectivity index (χ3n) is 7.97. The van der Waals surface area contributed by atoms with Gasteiger partial charge in [-0.2, -0.15) is 0 Å². The lowest BCUT2D eigenvalue weighted by molar-refractivity contribution is -0.157. The van der Waals surface area contributed by atoms with Crippen LogP contribution in [0.2, 0.25) is 0 Å². The van der Waals surface area contributed by atoms with Gasteiger partial charge in [-0.05, 0) is 37.0 Å². The van der Waals surface area contributed by atoms with Gasteiger partial charge in [0.2, 0.25) is 0 Å². The topological polar surface area (TPSA) is 26.3 Å². The fraction of sp³-hybridized carbons (Fsp3) is 0.958. The molecule has 26 heavy (non-hydrogen) atoms. The zero-order valence-electron chi connectivity index (χ0n) is 18.1. The Hall–Kier alpha value is -0.530. The smallest absolute Gasteiger partial charge is 0.306 e. The van der Waals surface area contributed by atoms with E-state index in [1.165, 1.54) is 77.0 Å². The number of fused-ring (bicyclic) bond motifs is 2. The first-order chi connectivity index (χ1) is 12.4. The van der Waals surface area contributed by atoms with Crippen molar-refractivity contribution >= 4 is 5.97 Å². The van der Waals surface area contributed by atoms with E-state index in [0.29, 0.717) is 11.8 Å². The maximum absolute atomic E-state index is 12.3. The van der Waals surface area contributed by atoms with Gasteiger partial charge in [-0.15, -0.1) is 0 Å². The second kappa shape index (κ2) is 10.1. The summed E-state index contributed by atoms with van der Waals surface area (Å²) in [6.45, 7) is 9.37. The average Bonchev–Trinajstić information content (AvgIpc) is 2.93. The average molecular weight is 365 g/mol. The van der Waals surface area contributed by atoms with E-state index < -0.39 is 0 Å². The first kappa shape index (κ1) is 21.8. The monoisotopic (exact) mass is 364 g/mol. The Morgan fingerprint density at radius 3 is 1.88 bits per heavy atom. The van der Waals surface area contributed by atoms with Crippen LogP contribution in [0.1, 0.15) is 124 Å². The fourth-order valence-corrected chi connectivity index (χ4v) is 5.46. The van der Waals surface area contributed by atoms with Crippen LogP contribution in [-0.4, -0.2) is 12.1 Å². The van der Waals surface area contributed by atoms with Gasteiger partial charge in [0.25, 0.3) is 0 Å². The van der Waals surface area contributed by atoms with Crippen LogP contribution in [-0.2, 0) is 9.53 Å². The van der Waals surface area contributed by atoms with E-state index >= 15 is 0 Å². The van der Waals surface area contributed by atoms with Crippen LogP contribution in [0, 0.1) is 16.7 Å². The lowest BCUT2D eigenvalue weighted by Crippen LogP contribution is -2.38. The summed E-state index contributed by atoms with van der Waals surface area (Å²) in [5, 5.41) is 0. The molecule has 2 heteroatoms. The number of esters is 1. The molecular formula is C24H44O2. The predicted octanol–water partition coefficient (Wildman–Crippen LogP) is 7.45. The van der Waals surface area contributed by atoms with Crippen molar-refractivity contribution in [2.24, 2.45) is 16.7 Å². The minimum atomic E-state index is 0.0514. The maximum atomic E-state index is 12.3. The number of hydrogen-bond donors (Lipinski definition) is 0. The largest absolute Gasteiger partial charge is 0.462 e. The van der Waals surface area contributed by atoms with Gasteiger partial charge in [-0.3, -0.25) is 4.79 Å². The summed E-state index contributed by atoms with van der Waals surface area (Å²) in [4.78, 5) is 12.3. The first-order valence-electron chi connectivity index (χ1n) is 11.6. The lowest BCUT2D eigenvalue weighted by atomic mass is 9.70. The first-order valence-corrected chi connectivity index (χ1v) is 11.6. The number of rotatable bonds is 13. The summed E-state index contributed by atoms with van der Waals surface area (Å²) in [5.41, 5.74) is 0.527. The molecule has 152 valence electrons. The lowest BCUT2D eigenvalue weighted by Gasteiger charge is -2.38. The molecule has 0 radical (unpaired) electrons. The van der Waals surface area contributed by atoms with Crippen LogP contribution in [0.25, 0.3) is 0 Å². The molecule has 0 unspecified atom stereocenters. The summed E-state index contributed by atoms with van der Waals surface area (Å²) < 4.78 is 5.94. The van der Waals surface area contributed by atoms with Gasteiger partial charge < -0.3 is 4.74 Å². The molecule has 2 nitrogen and oxygen atoms in total. The number of unbranched alkanes of at least 4 members (excludes halogenated alkanes) is 10. The zero-order chi connectivity index (χ0) is 19.0.